The zero-order chi connectivity index (χ0) is 17.2. The van der Waals surface area contributed by atoms with Crippen LogP contribution in [0.2, 0.25) is 0 Å². The van der Waals surface area contributed by atoms with Gasteiger partial charge < -0.3 is 0 Å². The minimum Gasteiger partial charge on any atom is -0.255 e. The molecule has 3 nitrogen and oxygen atoms in total. The Morgan fingerprint density at radius 3 is 2.42 bits per heavy atom. The molecule has 0 bridgehead atoms. The third kappa shape index (κ3) is 3.35. The number of anilines is 1. The molecule has 3 rings (SSSR count). The van der Waals surface area contributed by atoms with E-state index < -0.39 is 10.0 Å². The Hall–Kier alpha value is -1.02. The Bertz CT molecular complexity index is 939. The van der Waals surface area contributed by atoms with Gasteiger partial charge in [0, 0.05) is 22.4 Å². The van der Waals surface area contributed by atoms with Crippen LogP contribution in [0.5, 0.6) is 0 Å². The molecule has 2 aromatic carbocycles. The zero-order valence-electron chi connectivity index (χ0n) is 13.0. The van der Waals surface area contributed by atoms with E-state index in [1.165, 1.54) is 15.6 Å². The summed E-state index contributed by atoms with van der Waals surface area (Å²) in [7, 11) is -3.60. The summed E-state index contributed by atoms with van der Waals surface area (Å²) in [4.78, 5) is 0.315. The molecule has 0 aliphatic heterocycles. The predicted octanol–water partition coefficient (Wildman–Crippen LogP) is 5.22. The van der Waals surface area contributed by atoms with Crippen LogP contribution in [-0.4, -0.2) is 27.0 Å². The van der Waals surface area contributed by atoms with Gasteiger partial charge in [-0.3, -0.25) is 4.31 Å². The zero-order valence-corrected chi connectivity index (χ0v) is 17.0. The number of thioether (sulfide) groups is 1. The average molecular weight is 442 g/mol. The van der Waals surface area contributed by atoms with Gasteiger partial charge in [0.25, 0.3) is 10.0 Å². The summed E-state index contributed by atoms with van der Waals surface area (Å²) >= 11 is 6.73. The molecule has 0 unspecified atom stereocenters. The van der Waals surface area contributed by atoms with Crippen molar-refractivity contribution in [2.75, 3.05) is 22.9 Å². The molecule has 1 aromatic heterocycles. The van der Waals surface area contributed by atoms with Gasteiger partial charge in [0.05, 0.1) is 9.37 Å². The van der Waals surface area contributed by atoms with E-state index in [9.17, 15) is 8.42 Å². The average Bonchev–Trinajstić information content (AvgIpc) is 2.93. The first kappa shape index (κ1) is 17.8. The van der Waals surface area contributed by atoms with Gasteiger partial charge in [0.15, 0.2) is 0 Å². The predicted molar refractivity (Wildman–Crippen MR) is 109 cm³/mol. The highest BCUT2D eigenvalue weighted by molar-refractivity contribution is 9.10. The third-order valence-corrected chi connectivity index (χ3v) is 8.35. The number of rotatable bonds is 6. The van der Waals surface area contributed by atoms with Crippen LogP contribution in [0.3, 0.4) is 0 Å². The topological polar surface area (TPSA) is 37.4 Å². The Kier molecular flexibility index (Phi) is 5.54. The van der Waals surface area contributed by atoms with Gasteiger partial charge in [-0.05, 0) is 40.4 Å². The highest BCUT2D eigenvalue weighted by atomic mass is 79.9. The second-order valence-electron chi connectivity index (χ2n) is 5.10. The van der Waals surface area contributed by atoms with E-state index in [-0.39, 0.29) is 0 Å². The van der Waals surface area contributed by atoms with Crippen LogP contribution in [0, 0.1) is 0 Å². The molecule has 0 fully saturated rings. The van der Waals surface area contributed by atoms with Crippen LogP contribution >= 0.6 is 39.0 Å². The van der Waals surface area contributed by atoms with Crippen molar-refractivity contribution in [3.8, 4) is 0 Å². The van der Waals surface area contributed by atoms with Gasteiger partial charge in [-0.1, -0.05) is 36.4 Å². The van der Waals surface area contributed by atoms with E-state index in [2.05, 4.69) is 15.9 Å². The molecule has 0 saturated carbocycles. The molecular formula is C17H16BrNO2S3. The lowest BCUT2D eigenvalue weighted by Crippen LogP contribution is -2.32. The van der Waals surface area contributed by atoms with Gasteiger partial charge in [-0.25, -0.2) is 8.42 Å². The molecule has 3 aromatic rings. The number of halogens is 1. The SMILES string of the molecule is CSCCN(c1sc2ccccc2c1Br)S(=O)(=O)c1ccccc1. The van der Waals surface area contributed by atoms with Gasteiger partial charge in [-0.2, -0.15) is 11.8 Å². The summed E-state index contributed by atoms with van der Waals surface area (Å²) in [6.45, 7) is 0.434. The van der Waals surface area contributed by atoms with Crippen molar-refractivity contribution >= 4 is 64.1 Å². The van der Waals surface area contributed by atoms with Crippen molar-refractivity contribution in [3.05, 3.63) is 59.1 Å². The first-order valence-electron chi connectivity index (χ1n) is 7.29. The van der Waals surface area contributed by atoms with Crippen molar-refractivity contribution in [3.63, 3.8) is 0 Å². The number of nitrogens with zero attached hydrogens (tertiary/aromatic N) is 1. The molecule has 0 N–H and O–H groups in total. The summed E-state index contributed by atoms with van der Waals surface area (Å²) < 4.78 is 29.8. The lowest BCUT2D eigenvalue weighted by atomic mass is 10.3. The smallest absolute Gasteiger partial charge is 0.255 e. The van der Waals surface area contributed by atoms with Gasteiger partial charge in [-0.15, -0.1) is 11.3 Å². The van der Waals surface area contributed by atoms with E-state index >= 15 is 0 Å². The standard InChI is InChI=1S/C17H16BrNO2S3/c1-22-12-11-19(24(20,21)13-7-3-2-4-8-13)17-16(18)14-9-5-6-10-15(14)23-17/h2-10H,11-12H2,1H3. The molecule has 0 atom stereocenters. The van der Waals surface area contributed by atoms with Gasteiger partial charge >= 0.3 is 0 Å². The molecule has 7 heteroatoms. The minimum absolute atomic E-state index is 0.315. The second kappa shape index (κ2) is 7.47. The van der Waals surface area contributed by atoms with E-state index in [0.717, 1.165) is 25.3 Å². The molecule has 126 valence electrons. The molecular weight excluding hydrogens is 426 g/mol. The summed E-state index contributed by atoms with van der Waals surface area (Å²) in [6.07, 6.45) is 1.98. The highest BCUT2D eigenvalue weighted by Crippen LogP contribution is 2.43. The highest BCUT2D eigenvalue weighted by Gasteiger charge is 2.28. The maximum atomic E-state index is 13.2. The van der Waals surface area contributed by atoms with Crippen LogP contribution in [0.1, 0.15) is 0 Å². The molecule has 0 aliphatic rings. The first-order valence-corrected chi connectivity index (χ1v) is 11.7. The Morgan fingerprint density at radius 1 is 1.08 bits per heavy atom. The van der Waals surface area contributed by atoms with Crippen molar-refractivity contribution < 1.29 is 8.42 Å². The fourth-order valence-electron chi connectivity index (χ4n) is 2.39. The summed E-state index contributed by atoms with van der Waals surface area (Å²) in [5.41, 5.74) is 0. The number of thiophene rings is 1. The molecule has 0 radical (unpaired) electrons. The van der Waals surface area contributed by atoms with Crippen LogP contribution in [0.15, 0.2) is 64.0 Å². The summed E-state index contributed by atoms with van der Waals surface area (Å²) in [6, 6.07) is 16.5. The lowest BCUT2D eigenvalue weighted by molar-refractivity contribution is 0.592. The van der Waals surface area contributed by atoms with Crippen LogP contribution in [0.4, 0.5) is 5.00 Å². The summed E-state index contributed by atoms with van der Waals surface area (Å²) in [5.74, 6) is 0.729. The molecule has 0 aliphatic carbocycles. The quantitative estimate of drug-likeness (QED) is 0.525. The number of fused-ring (bicyclic) bond motifs is 1. The molecule has 1 heterocycles. The van der Waals surface area contributed by atoms with Crippen molar-refractivity contribution in [2.24, 2.45) is 0 Å². The maximum absolute atomic E-state index is 13.2. The fourth-order valence-corrected chi connectivity index (χ4v) is 6.75. The minimum atomic E-state index is -3.60. The Balaban J connectivity index is 2.14. The monoisotopic (exact) mass is 441 g/mol. The second-order valence-corrected chi connectivity index (χ2v) is 9.77. The summed E-state index contributed by atoms with van der Waals surface area (Å²) in [5, 5.41) is 1.77. The Morgan fingerprint density at radius 2 is 1.75 bits per heavy atom. The van der Waals surface area contributed by atoms with Crippen molar-refractivity contribution in [1.82, 2.24) is 0 Å². The first-order chi connectivity index (χ1) is 11.6. The fraction of sp³-hybridized carbons (Fsp3) is 0.176. The van der Waals surface area contributed by atoms with Crippen LogP contribution in [0.25, 0.3) is 10.1 Å². The van der Waals surface area contributed by atoms with Crippen LogP contribution < -0.4 is 4.31 Å². The normalized spacial score (nSPS) is 11.8. The molecule has 0 amide bonds. The molecule has 0 spiro atoms. The van der Waals surface area contributed by atoms with E-state index in [4.69, 9.17) is 0 Å². The third-order valence-electron chi connectivity index (χ3n) is 3.57. The lowest BCUT2D eigenvalue weighted by Gasteiger charge is -2.23. The number of sulfonamides is 1. The number of benzene rings is 2. The molecule has 0 saturated heterocycles. The van der Waals surface area contributed by atoms with Gasteiger partial charge in [0.2, 0.25) is 0 Å². The largest absolute Gasteiger partial charge is 0.265 e. The number of hydrogen-bond acceptors (Lipinski definition) is 4. The van der Waals surface area contributed by atoms with Crippen molar-refractivity contribution in [2.45, 2.75) is 4.90 Å². The van der Waals surface area contributed by atoms with E-state index in [1.807, 2.05) is 36.6 Å². The molecule has 24 heavy (non-hydrogen) atoms. The van der Waals surface area contributed by atoms with Crippen LogP contribution in [-0.2, 0) is 10.0 Å². The van der Waals surface area contributed by atoms with E-state index in [1.54, 1.807) is 36.0 Å². The maximum Gasteiger partial charge on any atom is 0.265 e. The Labute approximate surface area is 158 Å². The number of hydrogen-bond donors (Lipinski definition) is 0. The van der Waals surface area contributed by atoms with E-state index in [0.29, 0.717) is 11.4 Å². The van der Waals surface area contributed by atoms with Crippen molar-refractivity contribution in [1.29, 1.82) is 0 Å². The van der Waals surface area contributed by atoms with Gasteiger partial charge in [0.1, 0.15) is 5.00 Å².